The van der Waals surface area contributed by atoms with Crippen LogP contribution in [0.15, 0.2) is 30.3 Å². The van der Waals surface area contributed by atoms with Crippen LogP contribution in [0.25, 0.3) is 0 Å². The zero-order valence-corrected chi connectivity index (χ0v) is 13.2. The molecule has 0 radical (unpaired) electrons. The molecule has 0 aliphatic rings. The Labute approximate surface area is 119 Å². The van der Waals surface area contributed by atoms with Gasteiger partial charge in [0, 0.05) is 12.6 Å². The predicted octanol–water partition coefficient (Wildman–Crippen LogP) is 3.36. The van der Waals surface area contributed by atoms with Crippen molar-refractivity contribution in [2.45, 2.75) is 39.2 Å². The van der Waals surface area contributed by atoms with Crippen LogP contribution in [0.5, 0.6) is 0 Å². The molecule has 1 rings (SSSR count). The molecule has 0 bridgehead atoms. The highest BCUT2D eigenvalue weighted by Gasteiger charge is 2.16. The average Bonchev–Trinajstić information content (AvgIpc) is 2.37. The third kappa shape index (κ3) is 6.22. The lowest BCUT2D eigenvalue weighted by molar-refractivity contribution is 0.354. The van der Waals surface area contributed by atoms with Crippen LogP contribution < -0.4 is 5.32 Å². The molecule has 0 saturated heterocycles. The van der Waals surface area contributed by atoms with E-state index in [-0.39, 0.29) is 0 Å². The highest BCUT2D eigenvalue weighted by atomic mass is 15.1. The minimum atomic E-state index is 0.576. The molecule has 0 saturated carbocycles. The SMILES string of the molecule is CC(CCN(C)C)NCC(c1ccccc1)C(C)C. The first-order valence-electron chi connectivity index (χ1n) is 7.43. The van der Waals surface area contributed by atoms with Crippen LogP contribution in [0.1, 0.15) is 38.7 Å². The molecule has 1 aromatic rings. The van der Waals surface area contributed by atoms with Gasteiger partial charge in [0.1, 0.15) is 0 Å². The molecule has 108 valence electrons. The van der Waals surface area contributed by atoms with Gasteiger partial charge in [-0.25, -0.2) is 0 Å². The van der Waals surface area contributed by atoms with Crippen molar-refractivity contribution in [3.63, 3.8) is 0 Å². The maximum Gasteiger partial charge on any atom is 0.00511 e. The Morgan fingerprint density at radius 3 is 2.21 bits per heavy atom. The van der Waals surface area contributed by atoms with Crippen LogP contribution in [0.3, 0.4) is 0 Å². The summed E-state index contributed by atoms with van der Waals surface area (Å²) < 4.78 is 0. The molecule has 2 atom stereocenters. The summed E-state index contributed by atoms with van der Waals surface area (Å²) >= 11 is 0. The average molecular weight is 262 g/mol. The van der Waals surface area contributed by atoms with Gasteiger partial charge >= 0.3 is 0 Å². The van der Waals surface area contributed by atoms with Crippen molar-refractivity contribution < 1.29 is 0 Å². The summed E-state index contributed by atoms with van der Waals surface area (Å²) in [6.45, 7) is 9.11. The standard InChI is InChI=1S/C17H30N2/c1-14(2)17(16-9-7-6-8-10-16)13-18-15(3)11-12-19(4)5/h6-10,14-15,17-18H,11-13H2,1-5H3. The number of hydrogen-bond donors (Lipinski definition) is 1. The maximum absolute atomic E-state index is 3.69. The molecule has 0 aliphatic heterocycles. The fourth-order valence-corrected chi connectivity index (χ4v) is 2.32. The Kier molecular flexibility index (Phi) is 7.11. The van der Waals surface area contributed by atoms with Crippen molar-refractivity contribution >= 4 is 0 Å². The van der Waals surface area contributed by atoms with Crippen molar-refractivity contribution in [2.24, 2.45) is 5.92 Å². The third-order valence-electron chi connectivity index (χ3n) is 3.73. The van der Waals surface area contributed by atoms with Crippen LogP contribution in [0, 0.1) is 5.92 Å². The van der Waals surface area contributed by atoms with Crippen LogP contribution in [0.2, 0.25) is 0 Å². The van der Waals surface area contributed by atoms with Crippen molar-refractivity contribution in [1.29, 1.82) is 0 Å². The Balaban J connectivity index is 2.47. The second kappa shape index (κ2) is 8.34. The molecular weight excluding hydrogens is 232 g/mol. The molecule has 2 heteroatoms. The van der Waals surface area contributed by atoms with E-state index in [4.69, 9.17) is 0 Å². The quantitative estimate of drug-likeness (QED) is 0.773. The molecule has 0 amide bonds. The number of hydrogen-bond acceptors (Lipinski definition) is 2. The smallest absolute Gasteiger partial charge is 0.00511 e. The van der Waals surface area contributed by atoms with Crippen LogP contribution in [-0.2, 0) is 0 Å². The molecule has 0 heterocycles. The van der Waals surface area contributed by atoms with Gasteiger partial charge in [0.05, 0.1) is 0 Å². The van der Waals surface area contributed by atoms with Crippen molar-refractivity contribution in [3.05, 3.63) is 35.9 Å². The molecule has 2 unspecified atom stereocenters. The largest absolute Gasteiger partial charge is 0.314 e. The van der Waals surface area contributed by atoms with Gasteiger partial charge in [-0.15, -0.1) is 0 Å². The molecule has 1 N–H and O–H groups in total. The fourth-order valence-electron chi connectivity index (χ4n) is 2.32. The first kappa shape index (κ1) is 16.2. The summed E-state index contributed by atoms with van der Waals surface area (Å²) in [5, 5.41) is 3.69. The molecule has 0 aromatic heterocycles. The van der Waals surface area contributed by atoms with Gasteiger partial charge in [0.25, 0.3) is 0 Å². The number of benzene rings is 1. The Morgan fingerprint density at radius 2 is 1.68 bits per heavy atom. The van der Waals surface area contributed by atoms with E-state index < -0.39 is 0 Å². The van der Waals surface area contributed by atoms with E-state index in [2.05, 4.69) is 75.4 Å². The van der Waals surface area contributed by atoms with E-state index in [0.29, 0.717) is 17.9 Å². The highest BCUT2D eigenvalue weighted by Crippen LogP contribution is 2.23. The van der Waals surface area contributed by atoms with E-state index in [1.165, 1.54) is 12.0 Å². The topological polar surface area (TPSA) is 15.3 Å². The van der Waals surface area contributed by atoms with Gasteiger partial charge in [-0.3, -0.25) is 0 Å². The fraction of sp³-hybridized carbons (Fsp3) is 0.647. The van der Waals surface area contributed by atoms with Gasteiger partial charge < -0.3 is 10.2 Å². The zero-order valence-electron chi connectivity index (χ0n) is 13.2. The lowest BCUT2D eigenvalue weighted by atomic mass is 9.88. The summed E-state index contributed by atoms with van der Waals surface area (Å²) in [7, 11) is 4.27. The lowest BCUT2D eigenvalue weighted by Gasteiger charge is -2.25. The first-order valence-corrected chi connectivity index (χ1v) is 7.43. The first-order chi connectivity index (χ1) is 9.00. The van der Waals surface area contributed by atoms with E-state index in [1.807, 2.05) is 0 Å². The van der Waals surface area contributed by atoms with Crippen molar-refractivity contribution in [2.75, 3.05) is 27.2 Å². The van der Waals surface area contributed by atoms with Gasteiger partial charge in [0.2, 0.25) is 0 Å². The van der Waals surface area contributed by atoms with Gasteiger partial charge in [-0.2, -0.15) is 0 Å². The zero-order chi connectivity index (χ0) is 14.3. The van der Waals surface area contributed by atoms with Gasteiger partial charge in [-0.05, 0) is 51.4 Å². The molecule has 19 heavy (non-hydrogen) atoms. The normalized spacial score (nSPS) is 14.9. The van der Waals surface area contributed by atoms with Gasteiger partial charge in [0.15, 0.2) is 0 Å². The minimum Gasteiger partial charge on any atom is -0.314 e. The maximum atomic E-state index is 3.69. The van der Waals surface area contributed by atoms with Crippen LogP contribution >= 0.6 is 0 Å². The summed E-state index contributed by atoms with van der Waals surface area (Å²) in [6.07, 6.45) is 1.20. The number of nitrogens with zero attached hydrogens (tertiary/aromatic N) is 1. The van der Waals surface area contributed by atoms with E-state index in [9.17, 15) is 0 Å². The monoisotopic (exact) mass is 262 g/mol. The van der Waals surface area contributed by atoms with Crippen molar-refractivity contribution in [3.8, 4) is 0 Å². The molecule has 0 spiro atoms. The van der Waals surface area contributed by atoms with Crippen molar-refractivity contribution in [1.82, 2.24) is 10.2 Å². The summed E-state index contributed by atoms with van der Waals surface area (Å²) in [5.74, 6) is 1.26. The van der Waals surface area contributed by atoms with Gasteiger partial charge in [-0.1, -0.05) is 44.2 Å². The Morgan fingerprint density at radius 1 is 1.05 bits per heavy atom. The van der Waals surface area contributed by atoms with Crippen LogP contribution in [-0.4, -0.2) is 38.1 Å². The van der Waals surface area contributed by atoms with E-state index >= 15 is 0 Å². The molecule has 1 aromatic carbocycles. The number of nitrogens with one attached hydrogen (secondary N) is 1. The molecule has 0 fully saturated rings. The number of rotatable bonds is 8. The highest BCUT2D eigenvalue weighted by molar-refractivity contribution is 5.20. The second-order valence-corrected chi connectivity index (χ2v) is 6.16. The lowest BCUT2D eigenvalue weighted by Crippen LogP contribution is -2.34. The third-order valence-corrected chi connectivity index (χ3v) is 3.73. The Bertz CT molecular complexity index is 332. The summed E-state index contributed by atoms with van der Waals surface area (Å²) in [4.78, 5) is 2.25. The predicted molar refractivity (Wildman–Crippen MR) is 84.7 cm³/mol. The summed E-state index contributed by atoms with van der Waals surface area (Å²) in [5.41, 5.74) is 1.45. The minimum absolute atomic E-state index is 0.576. The molecule has 0 aliphatic carbocycles. The molecule has 2 nitrogen and oxygen atoms in total. The Hall–Kier alpha value is -0.860. The second-order valence-electron chi connectivity index (χ2n) is 6.16. The van der Waals surface area contributed by atoms with Crippen LogP contribution in [0.4, 0.5) is 0 Å². The van der Waals surface area contributed by atoms with E-state index in [1.54, 1.807) is 0 Å². The summed E-state index contributed by atoms with van der Waals surface area (Å²) in [6, 6.07) is 11.4. The molecular formula is C17H30N2. The van der Waals surface area contributed by atoms with E-state index in [0.717, 1.165) is 13.1 Å².